The zero-order valence-corrected chi connectivity index (χ0v) is 15.2. The average Bonchev–Trinajstić information content (AvgIpc) is 2.51. The van der Waals surface area contributed by atoms with Crippen LogP contribution in [0.3, 0.4) is 0 Å². The molecule has 10 heteroatoms. The molecule has 5 nitrogen and oxygen atoms in total. The molecule has 142 valence electrons. The Morgan fingerprint density at radius 3 is 2.16 bits per heavy atom. The van der Waals surface area contributed by atoms with Gasteiger partial charge in [-0.25, -0.2) is 8.42 Å². The predicted molar refractivity (Wildman–Crippen MR) is 89.4 cm³/mol. The van der Waals surface area contributed by atoms with E-state index in [2.05, 4.69) is 5.32 Å². The van der Waals surface area contributed by atoms with Gasteiger partial charge in [0.1, 0.15) is 0 Å². The number of hydrogen-bond acceptors (Lipinski definition) is 5. The smallest absolute Gasteiger partial charge is 0.379 e. The number of ether oxygens (including phenoxy) is 2. The van der Waals surface area contributed by atoms with E-state index in [0.717, 1.165) is 0 Å². The second-order valence-electron chi connectivity index (χ2n) is 4.75. The molecule has 0 amide bonds. The maximum atomic E-state index is 12.7. The van der Waals surface area contributed by atoms with E-state index in [1.807, 2.05) is 0 Å². The molecule has 1 aromatic rings. The van der Waals surface area contributed by atoms with Crippen molar-refractivity contribution in [2.75, 3.05) is 19.8 Å². The quantitative estimate of drug-likeness (QED) is 0.641. The molecular weight excluding hydrogens is 383 g/mol. The van der Waals surface area contributed by atoms with Crippen molar-refractivity contribution in [3.8, 4) is 0 Å². The van der Waals surface area contributed by atoms with Crippen molar-refractivity contribution >= 4 is 27.1 Å². The third kappa shape index (κ3) is 6.85. The summed E-state index contributed by atoms with van der Waals surface area (Å²) in [6.07, 6.45) is -0.737. The summed E-state index contributed by atoms with van der Waals surface area (Å²) >= 11 is 5.75. The van der Waals surface area contributed by atoms with Gasteiger partial charge in [0.15, 0.2) is 6.29 Å². The van der Waals surface area contributed by atoms with Gasteiger partial charge in [0, 0.05) is 18.2 Å². The lowest BCUT2D eigenvalue weighted by Crippen LogP contribution is -2.31. The van der Waals surface area contributed by atoms with Crippen LogP contribution in [0.2, 0.25) is 5.02 Å². The molecule has 0 aliphatic carbocycles. The normalized spacial score (nSPS) is 13.3. The summed E-state index contributed by atoms with van der Waals surface area (Å²) in [6, 6.07) is 5.69. The Hall–Kier alpha value is -1.29. The Morgan fingerprint density at radius 1 is 1.20 bits per heavy atom. The van der Waals surface area contributed by atoms with Crippen LogP contribution in [-0.2, 0) is 19.3 Å². The van der Waals surface area contributed by atoms with Crippen LogP contribution in [-0.4, -0.2) is 40.0 Å². The Labute approximate surface area is 149 Å². The molecule has 0 saturated heterocycles. The molecule has 0 aliphatic rings. The van der Waals surface area contributed by atoms with Crippen LogP contribution in [0.15, 0.2) is 29.7 Å². The SMILES string of the molecule is CCOC(CN/C(=C\S(=O)(=O)C(F)(F)F)c1ccc(Cl)cc1)OCC. The summed E-state index contributed by atoms with van der Waals surface area (Å²) in [5.74, 6) is 0. The summed E-state index contributed by atoms with van der Waals surface area (Å²) in [4.78, 5) is 0. The van der Waals surface area contributed by atoms with E-state index in [1.54, 1.807) is 13.8 Å². The topological polar surface area (TPSA) is 64.6 Å². The molecule has 1 N–H and O–H groups in total. The monoisotopic (exact) mass is 401 g/mol. The van der Waals surface area contributed by atoms with Gasteiger partial charge in [-0.1, -0.05) is 23.7 Å². The molecule has 0 unspecified atom stereocenters. The average molecular weight is 402 g/mol. The first kappa shape index (κ1) is 21.8. The molecule has 0 aromatic heterocycles. The van der Waals surface area contributed by atoms with Gasteiger partial charge in [0.2, 0.25) is 0 Å². The summed E-state index contributed by atoms with van der Waals surface area (Å²) in [5.41, 5.74) is -5.41. The lowest BCUT2D eigenvalue weighted by molar-refractivity contribution is -0.131. The van der Waals surface area contributed by atoms with Gasteiger partial charge in [-0.15, -0.1) is 0 Å². The first-order valence-corrected chi connectivity index (χ1v) is 9.29. The maximum Gasteiger partial charge on any atom is 0.501 e. The Morgan fingerprint density at radius 2 is 1.72 bits per heavy atom. The van der Waals surface area contributed by atoms with Gasteiger partial charge < -0.3 is 14.8 Å². The Bertz CT molecular complexity index is 669. The first-order chi connectivity index (χ1) is 11.6. The molecule has 0 spiro atoms. The predicted octanol–water partition coefficient (Wildman–Crippen LogP) is 3.56. The van der Waals surface area contributed by atoms with E-state index in [1.165, 1.54) is 24.3 Å². The second kappa shape index (κ2) is 9.42. The van der Waals surface area contributed by atoms with Crippen LogP contribution in [0.25, 0.3) is 5.70 Å². The van der Waals surface area contributed by atoms with E-state index >= 15 is 0 Å². The molecule has 0 fully saturated rings. The molecular formula is C15H19ClF3NO4S. The van der Waals surface area contributed by atoms with Gasteiger partial charge in [-0.3, -0.25) is 0 Å². The minimum Gasteiger partial charge on any atom is -0.379 e. The maximum absolute atomic E-state index is 12.7. The zero-order valence-electron chi connectivity index (χ0n) is 13.6. The van der Waals surface area contributed by atoms with Crippen molar-refractivity contribution in [1.29, 1.82) is 0 Å². The second-order valence-corrected chi connectivity index (χ2v) is 6.98. The van der Waals surface area contributed by atoms with Gasteiger partial charge in [0.05, 0.1) is 17.6 Å². The fourth-order valence-electron chi connectivity index (χ4n) is 1.79. The van der Waals surface area contributed by atoms with E-state index in [0.29, 0.717) is 18.2 Å². The molecule has 0 atom stereocenters. The number of benzene rings is 1. The Kier molecular flexibility index (Phi) is 8.20. The minimum absolute atomic E-state index is 0.0382. The number of rotatable bonds is 9. The molecule has 25 heavy (non-hydrogen) atoms. The van der Waals surface area contributed by atoms with Gasteiger partial charge in [-0.05, 0) is 31.5 Å². The van der Waals surface area contributed by atoms with Crippen LogP contribution in [0.5, 0.6) is 0 Å². The highest BCUT2D eigenvalue weighted by molar-refractivity contribution is 7.95. The van der Waals surface area contributed by atoms with Crippen molar-refractivity contribution in [2.45, 2.75) is 25.6 Å². The Balaban J connectivity index is 3.14. The molecule has 0 aliphatic heterocycles. The molecule has 0 bridgehead atoms. The van der Waals surface area contributed by atoms with Crippen molar-refractivity contribution in [2.24, 2.45) is 0 Å². The molecule has 1 aromatic carbocycles. The van der Waals surface area contributed by atoms with Crippen molar-refractivity contribution in [1.82, 2.24) is 5.32 Å². The highest BCUT2D eigenvalue weighted by atomic mass is 35.5. The van der Waals surface area contributed by atoms with Crippen LogP contribution < -0.4 is 5.32 Å². The number of nitrogens with one attached hydrogen (secondary N) is 1. The lowest BCUT2D eigenvalue weighted by Gasteiger charge is -2.20. The third-order valence-corrected chi connectivity index (χ3v) is 4.36. The molecule has 0 saturated carbocycles. The fraction of sp³-hybridized carbons (Fsp3) is 0.467. The highest BCUT2D eigenvalue weighted by Gasteiger charge is 2.44. The van der Waals surface area contributed by atoms with Crippen molar-refractivity contribution in [3.05, 3.63) is 40.3 Å². The number of sulfone groups is 1. The summed E-state index contributed by atoms with van der Waals surface area (Å²) < 4.78 is 71.5. The minimum atomic E-state index is -5.47. The van der Waals surface area contributed by atoms with Crippen molar-refractivity contribution < 1.29 is 31.1 Å². The molecule has 0 heterocycles. The summed E-state index contributed by atoms with van der Waals surface area (Å²) in [6.45, 7) is 4.08. The fourth-order valence-corrected chi connectivity index (χ4v) is 2.58. The lowest BCUT2D eigenvalue weighted by atomic mass is 10.2. The molecule has 0 radical (unpaired) electrons. The van der Waals surface area contributed by atoms with E-state index < -0.39 is 21.6 Å². The van der Waals surface area contributed by atoms with E-state index in [4.69, 9.17) is 21.1 Å². The van der Waals surface area contributed by atoms with E-state index in [-0.39, 0.29) is 23.2 Å². The first-order valence-electron chi connectivity index (χ1n) is 7.36. The van der Waals surface area contributed by atoms with Crippen molar-refractivity contribution in [3.63, 3.8) is 0 Å². The van der Waals surface area contributed by atoms with Crippen LogP contribution in [0.4, 0.5) is 13.2 Å². The van der Waals surface area contributed by atoms with Crippen LogP contribution in [0.1, 0.15) is 19.4 Å². The van der Waals surface area contributed by atoms with Gasteiger partial charge in [0.25, 0.3) is 9.84 Å². The zero-order chi connectivity index (χ0) is 19.1. The molecule has 1 rings (SSSR count). The van der Waals surface area contributed by atoms with Crippen LogP contribution in [0, 0.1) is 0 Å². The van der Waals surface area contributed by atoms with Gasteiger partial charge in [-0.2, -0.15) is 13.2 Å². The van der Waals surface area contributed by atoms with E-state index in [9.17, 15) is 21.6 Å². The number of alkyl halides is 3. The van der Waals surface area contributed by atoms with Gasteiger partial charge >= 0.3 is 5.51 Å². The number of halogens is 4. The largest absolute Gasteiger partial charge is 0.501 e. The summed E-state index contributed by atoms with van der Waals surface area (Å²) in [5, 5.41) is 3.15. The summed E-state index contributed by atoms with van der Waals surface area (Å²) in [7, 11) is -5.47. The number of hydrogen-bond donors (Lipinski definition) is 1. The highest BCUT2D eigenvalue weighted by Crippen LogP contribution is 2.27. The van der Waals surface area contributed by atoms with Crippen LogP contribution >= 0.6 is 11.6 Å². The standard InChI is InChI=1S/C15H19ClF3NO4S/c1-3-23-14(24-4-2)9-20-13(10-25(21,22)15(17,18)19)11-5-7-12(16)8-6-11/h5-8,10,14,20H,3-4,9H2,1-2H3/b13-10-. The third-order valence-electron chi connectivity index (χ3n) is 2.92.